The summed E-state index contributed by atoms with van der Waals surface area (Å²) in [6.07, 6.45) is 0.435. The molecule has 2 aliphatic heterocycles. The molecule has 0 saturated carbocycles. The molecule has 1 unspecified atom stereocenters. The van der Waals surface area contributed by atoms with Crippen LogP contribution < -0.4 is 21.3 Å². The van der Waals surface area contributed by atoms with Gasteiger partial charge in [-0.15, -0.1) is 0 Å². The first-order valence-electron chi connectivity index (χ1n) is 9.92. The minimum atomic E-state index is -0.478. The second-order valence-corrected chi connectivity index (χ2v) is 7.88. The van der Waals surface area contributed by atoms with E-state index >= 15 is 0 Å². The SMILES string of the molecule is Cc1ccc(N2NOC(=O)/C2=C2/CC(c3ccc(Cl)cc3)N=c3ccccc3=N2)cc1. The highest BCUT2D eigenvalue weighted by atomic mass is 35.5. The van der Waals surface area contributed by atoms with E-state index in [1.807, 2.05) is 79.7 Å². The van der Waals surface area contributed by atoms with E-state index in [0.29, 0.717) is 28.2 Å². The summed E-state index contributed by atoms with van der Waals surface area (Å²) in [4.78, 5) is 27.7. The average molecular weight is 431 g/mol. The molecule has 1 N–H and O–H groups in total. The van der Waals surface area contributed by atoms with Gasteiger partial charge in [-0.05, 0) is 48.9 Å². The molecule has 1 saturated heterocycles. The van der Waals surface area contributed by atoms with Crippen LogP contribution in [0.15, 0.2) is 94.2 Å². The summed E-state index contributed by atoms with van der Waals surface area (Å²) >= 11 is 6.08. The maximum atomic E-state index is 12.7. The van der Waals surface area contributed by atoms with Gasteiger partial charge in [-0.2, -0.15) is 0 Å². The maximum Gasteiger partial charge on any atom is 0.378 e. The number of nitrogens with one attached hydrogen (secondary N) is 1. The molecule has 31 heavy (non-hydrogen) atoms. The molecule has 5 rings (SSSR count). The lowest BCUT2D eigenvalue weighted by Gasteiger charge is -2.18. The highest BCUT2D eigenvalue weighted by Gasteiger charge is 2.34. The van der Waals surface area contributed by atoms with Crippen molar-refractivity contribution in [2.24, 2.45) is 9.98 Å². The van der Waals surface area contributed by atoms with Crippen LogP contribution in [0.1, 0.15) is 23.6 Å². The van der Waals surface area contributed by atoms with Crippen molar-refractivity contribution in [2.75, 3.05) is 5.01 Å². The molecule has 1 fully saturated rings. The van der Waals surface area contributed by atoms with Gasteiger partial charge in [0.15, 0.2) is 5.70 Å². The van der Waals surface area contributed by atoms with Crippen molar-refractivity contribution < 1.29 is 9.63 Å². The zero-order valence-electron chi connectivity index (χ0n) is 16.7. The van der Waals surface area contributed by atoms with Gasteiger partial charge in [0.25, 0.3) is 0 Å². The number of rotatable bonds is 2. The van der Waals surface area contributed by atoms with Gasteiger partial charge in [0.2, 0.25) is 0 Å². The predicted molar refractivity (Wildman–Crippen MR) is 117 cm³/mol. The Labute approximate surface area is 184 Å². The molecule has 7 heteroatoms. The smallest absolute Gasteiger partial charge is 0.345 e. The molecule has 0 aromatic heterocycles. The third kappa shape index (κ3) is 3.83. The Balaban J connectivity index is 1.69. The van der Waals surface area contributed by atoms with Crippen molar-refractivity contribution in [3.8, 4) is 0 Å². The standard InChI is InChI=1S/C24H19ClN4O2/c1-15-6-12-18(13-7-15)29-23(24(30)31-28-29)22-14-21(16-8-10-17(25)11-9-16)26-19-4-2-3-5-20(19)27-22/h2-13,21,28H,14H2,1H3/b23-22+. The lowest BCUT2D eigenvalue weighted by molar-refractivity contribution is -0.140. The minimum Gasteiger partial charge on any atom is -0.345 e. The van der Waals surface area contributed by atoms with Crippen LogP contribution >= 0.6 is 11.6 Å². The summed E-state index contributed by atoms with van der Waals surface area (Å²) in [5.74, 6) is -0.478. The average Bonchev–Trinajstić information content (AvgIpc) is 3.05. The first-order chi connectivity index (χ1) is 15.1. The van der Waals surface area contributed by atoms with Crippen molar-refractivity contribution in [3.63, 3.8) is 0 Å². The van der Waals surface area contributed by atoms with Gasteiger partial charge in [0, 0.05) is 11.4 Å². The van der Waals surface area contributed by atoms with Gasteiger partial charge < -0.3 is 4.84 Å². The number of hydrogen-bond donors (Lipinski definition) is 1. The Kier molecular flexibility index (Phi) is 5.02. The van der Waals surface area contributed by atoms with E-state index in [2.05, 4.69) is 5.59 Å². The number of carbonyl (C=O) groups is 1. The van der Waals surface area contributed by atoms with E-state index in [0.717, 1.165) is 22.2 Å². The van der Waals surface area contributed by atoms with Crippen LogP contribution in [0.2, 0.25) is 5.02 Å². The fourth-order valence-corrected chi connectivity index (χ4v) is 3.80. The molecule has 0 bridgehead atoms. The normalized spacial score (nSPS) is 20.4. The van der Waals surface area contributed by atoms with Crippen molar-refractivity contribution >= 4 is 23.3 Å². The molecular formula is C24H19ClN4O2. The third-order valence-corrected chi connectivity index (χ3v) is 5.54. The van der Waals surface area contributed by atoms with E-state index in [1.165, 1.54) is 0 Å². The number of fused-ring (bicyclic) bond motifs is 1. The van der Waals surface area contributed by atoms with Gasteiger partial charge in [0.05, 0.1) is 28.1 Å². The minimum absolute atomic E-state index is 0.222. The topological polar surface area (TPSA) is 66.3 Å². The zero-order chi connectivity index (χ0) is 21.4. The summed E-state index contributed by atoms with van der Waals surface area (Å²) in [6, 6.07) is 22.9. The van der Waals surface area contributed by atoms with E-state index in [4.69, 9.17) is 26.4 Å². The number of para-hydroxylation sites is 2. The maximum absolute atomic E-state index is 12.7. The molecule has 154 valence electrons. The summed E-state index contributed by atoms with van der Waals surface area (Å²) in [5.41, 5.74) is 6.58. The van der Waals surface area contributed by atoms with Crippen LogP contribution in [-0.4, -0.2) is 5.97 Å². The monoisotopic (exact) mass is 430 g/mol. The molecule has 0 radical (unpaired) electrons. The van der Waals surface area contributed by atoms with E-state index < -0.39 is 5.97 Å². The number of hydrazine groups is 1. The first-order valence-corrected chi connectivity index (χ1v) is 10.3. The number of hydrogen-bond acceptors (Lipinski definition) is 6. The Bertz CT molecular complexity index is 1300. The fourth-order valence-electron chi connectivity index (χ4n) is 3.68. The van der Waals surface area contributed by atoms with Crippen molar-refractivity contribution in [2.45, 2.75) is 19.4 Å². The van der Waals surface area contributed by atoms with Gasteiger partial charge in [-0.25, -0.2) is 14.8 Å². The van der Waals surface area contributed by atoms with E-state index in [9.17, 15) is 4.79 Å². The summed E-state index contributed by atoms with van der Waals surface area (Å²) < 4.78 is 0. The Hall–Kier alpha value is -3.48. The molecule has 0 amide bonds. The number of aryl methyl sites for hydroxylation is 1. The lowest BCUT2D eigenvalue weighted by atomic mass is 10.0. The fraction of sp³-hybridized carbons (Fsp3) is 0.125. The van der Waals surface area contributed by atoms with Gasteiger partial charge in [-0.1, -0.05) is 59.2 Å². The zero-order valence-corrected chi connectivity index (χ0v) is 17.5. The number of benzene rings is 3. The summed E-state index contributed by atoms with van der Waals surface area (Å²) in [5, 5.41) is 3.78. The van der Waals surface area contributed by atoms with Crippen molar-refractivity contribution in [1.29, 1.82) is 0 Å². The highest BCUT2D eigenvalue weighted by Crippen LogP contribution is 2.32. The second kappa shape index (κ2) is 7.98. The summed E-state index contributed by atoms with van der Waals surface area (Å²) in [6.45, 7) is 2.01. The number of halogens is 1. The van der Waals surface area contributed by atoms with E-state index in [-0.39, 0.29) is 6.04 Å². The van der Waals surface area contributed by atoms with Gasteiger partial charge >= 0.3 is 5.97 Å². The molecule has 1 atom stereocenters. The van der Waals surface area contributed by atoms with Gasteiger partial charge in [-0.3, -0.25) is 4.99 Å². The molecule has 0 spiro atoms. The number of carbonyl (C=O) groups excluding carboxylic acids is 1. The number of anilines is 1. The van der Waals surface area contributed by atoms with E-state index in [1.54, 1.807) is 5.01 Å². The van der Waals surface area contributed by atoms with Crippen LogP contribution in [0.4, 0.5) is 5.69 Å². The predicted octanol–water partition coefficient (Wildman–Crippen LogP) is 3.73. The third-order valence-electron chi connectivity index (χ3n) is 5.29. The molecule has 2 heterocycles. The lowest BCUT2D eigenvalue weighted by Crippen LogP contribution is -2.29. The Morgan fingerprint density at radius 3 is 2.45 bits per heavy atom. The molecule has 2 aliphatic rings. The molecule has 0 aliphatic carbocycles. The Morgan fingerprint density at radius 2 is 1.71 bits per heavy atom. The van der Waals surface area contributed by atoms with Crippen LogP contribution in [0.3, 0.4) is 0 Å². The van der Waals surface area contributed by atoms with Crippen LogP contribution in [-0.2, 0) is 9.63 Å². The molecular weight excluding hydrogens is 412 g/mol. The second-order valence-electron chi connectivity index (χ2n) is 7.45. The van der Waals surface area contributed by atoms with Crippen molar-refractivity contribution in [1.82, 2.24) is 5.59 Å². The highest BCUT2D eigenvalue weighted by molar-refractivity contribution is 6.30. The summed E-state index contributed by atoms with van der Waals surface area (Å²) in [7, 11) is 0. The molecule has 3 aromatic rings. The van der Waals surface area contributed by atoms with Crippen molar-refractivity contribution in [3.05, 3.63) is 111 Å². The Morgan fingerprint density at radius 1 is 1.00 bits per heavy atom. The molecule has 6 nitrogen and oxygen atoms in total. The van der Waals surface area contributed by atoms with Crippen LogP contribution in [0, 0.1) is 6.92 Å². The first kappa shape index (κ1) is 19.5. The van der Waals surface area contributed by atoms with Gasteiger partial charge in [0.1, 0.15) is 0 Å². The quantitative estimate of drug-likeness (QED) is 0.629. The van der Waals surface area contributed by atoms with Crippen LogP contribution in [0.5, 0.6) is 0 Å². The van der Waals surface area contributed by atoms with Crippen LogP contribution in [0.25, 0.3) is 0 Å². The molecule has 3 aromatic carbocycles. The number of nitrogens with zero attached hydrogens (tertiary/aromatic N) is 3. The largest absolute Gasteiger partial charge is 0.378 e.